The molecule has 1 saturated carbocycles. The molecule has 0 radical (unpaired) electrons. The largest absolute Gasteiger partial charge is 0.480 e. The highest BCUT2D eigenvalue weighted by molar-refractivity contribution is 5.84. The van der Waals surface area contributed by atoms with E-state index in [1.807, 2.05) is 6.92 Å². The van der Waals surface area contributed by atoms with Crippen LogP contribution >= 0.6 is 0 Å². The molecule has 0 heterocycles. The van der Waals surface area contributed by atoms with Gasteiger partial charge in [-0.3, -0.25) is 14.9 Å². The molecule has 0 saturated heterocycles. The topological polar surface area (TPSA) is 66.4 Å². The zero-order chi connectivity index (χ0) is 12.0. The third-order valence-corrected chi connectivity index (χ3v) is 3.29. The van der Waals surface area contributed by atoms with Crippen molar-refractivity contribution in [1.29, 1.82) is 0 Å². The van der Waals surface area contributed by atoms with Crippen molar-refractivity contribution in [3.63, 3.8) is 0 Å². The second-order valence-corrected chi connectivity index (χ2v) is 4.47. The lowest BCUT2D eigenvalue weighted by Crippen LogP contribution is -2.45. The predicted molar refractivity (Wildman–Crippen MR) is 61.3 cm³/mol. The van der Waals surface area contributed by atoms with Crippen molar-refractivity contribution < 1.29 is 14.7 Å². The standard InChI is InChI=1S/C12H21NO3/c1-2-10(14)12(13-8-11(15)16)9-6-4-3-5-7-9/h9,12-13H,2-8H2,1H3,(H,15,16). The summed E-state index contributed by atoms with van der Waals surface area (Å²) in [5.41, 5.74) is 0. The van der Waals surface area contributed by atoms with Crippen LogP contribution in [-0.4, -0.2) is 29.4 Å². The van der Waals surface area contributed by atoms with Gasteiger partial charge in [-0.15, -0.1) is 0 Å². The molecule has 1 atom stereocenters. The van der Waals surface area contributed by atoms with Gasteiger partial charge in [-0.25, -0.2) is 0 Å². The summed E-state index contributed by atoms with van der Waals surface area (Å²) in [5, 5.41) is 11.5. The lowest BCUT2D eigenvalue weighted by Gasteiger charge is -2.29. The molecule has 0 aliphatic heterocycles. The van der Waals surface area contributed by atoms with Gasteiger partial charge in [-0.05, 0) is 18.8 Å². The van der Waals surface area contributed by atoms with E-state index in [1.165, 1.54) is 6.42 Å². The van der Waals surface area contributed by atoms with Crippen molar-refractivity contribution in [3.8, 4) is 0 Å². The summed E-state index contributed by atoms with van der Waals surface area (Å²) in [6.07, 6.45) is 6.13. The van der Waals surface area contributed by atoms with Gasteiger partial charge in [-0.2, -0.15) is 0 Å². The molecule has 92 valence electrons. The first kappa shape index (κ1) is 13.2. The fourth-order valence-electron chi connectivity index (χ4n) is 2.43. The molecule has 4 nitrogen and oxygen atoms in total. The number of hydrogen-bond donors (Lipinski definition) is 2. The lowest BCUT2D eigenvalue weighted by molar-refractivity contribution is -0.136. The number of carboxylic acids is 1. The molecule has 1 aliphatic rings. The van der Waals surface area contributed by atoms with Crippen LogP contribution in [-0.2, 0) is 9.59 Å². The second-order valence-electron chi connectivity index (χ2n) is 4.47. The summed E-state index contributed by atoms with van der Waals surface area (Å²) >= 11 is 0. The molecule has 0 bridgehead atoms. The molecule has 1 aliphatic carbocycles. The van der Waals surface area contributed by atoms with E-state index < -0.39 is 5.97 Å². The van der Waals surface area contributed by atoms with E-state index in [4.69, 9.17) is 5.11 Å². The maximum atomic E-state index is 11.8. The molecule has 4 heteroatoms. The van der Waals surface area contributed by atoms with Crippen LogP contribution in [0.1, 0.15) is 45.4 Å². The Balaban J connectivity index is 2.54. The summed E-state index contributed by atoms with van der Waals surface area (Å²) in [5.74, 6) is -0.418. The number of carbonyl (C=O) groups excluding carboxylic acids is 1. The molecule has 0 aromatic carbocycles. The van der Waals surface area contributed by atoms with Crippen LogP contribution in [0.4, 0.5) is 0 Å². The number of rotatable bonds is 6. The van der Waals surface area contributed by atoms with Crippen LogP contribution in [0.25, 0.3) is 0 Å². The van der Waals surface area contributed by atoms with E-state index in [2.05, 4.69) is 5.32 Å². The molecule has 0 spiro atoms. The molecule has 1 unspecified atom stereocenters. The second kappa shape index (κ2) is 6.63. The van der Waals surface area contributed by atoms with Crippen molar-refractivity contribution in [2.75, 3.05) is 6.54 Å². The van der Waals surface area contributed by atoms with E-state index in [9.17, 15) is 9.59 Å². The van der Waals surface area contributed by atoms with Gasteiger partial charge in [0.05, 0.1) is 12.6 Å². The first-order valence-corrected chi connectivity index (χ1v) is 6.13. The Morgan fingerprint density at radius 2 is 1.94 bits per heavy atom. The molecule has 0 aromatic rings. The van der Waals surface area contributed by atoms with Crippen molar-refractivity contribution in [3.05, 3.63) is 0 Å². The molecule has 0 aromatic heterocycles. The van der Waals surface area contributed by atoms with E-state index in [1.54, 1.807) is 0 Å². The molecular formula is C12H21NO3. The Morgan fingerprint density at radius 1 is 1.31 bits per heavy atom. The third kappa shape index (κ3) is 3.93. The summed E-state index contributed by atoms with van der Waals surface area (Å²) in [4.78, 5) is 22.3. The van der Waals surface area contributed by atoms with Gasteiger partial charge < -0.3 is 5.11 Å². The summed E-state index contributed by atoms with van der Waals surface area (Å²) in [6, 6.07) is -0.249. The fraction of sp³-hybridized carbons (Fsp3) is 0.833. The fourth-order valence-corrected chi connectivity index (χ4v) is 2.43. The number of hydrogen-bond acceptors (Lipinski definition) is 3. The zero-order valence-electron chi connectivity index (χ0n) is 9.87. The van der Waals surface area contributed by atoms with Crippen LogP contribution in [0, 0.1) is 5.92 Å². The van der Waals surface area contributed by atoms with Crippen molar-refractivity contribution >= 4 is 11.8 Å². The van der Waals surface area contributed by atoms with Crippen molar-refractivity contribution in [2.24, 2.45) is 5.92 Å². The van der Waals surface area contributed by atoms with Crippen LogP contribution in [0.2, 0.25) is 0 Å². The maximum absolute atomic E-state index is 11.8. The van der Waals surface area contributed by atoms with E-state index in [0.717, 1.165) is 25.7 Å². The lowest BCUT2D eigenvalue weighted by atomic mass is 9.82. The average molecular weight is 227 g/mol. The predicted octanol–water partition coefficient (Wildman–Crippen LogP) is 1.59. The van der Waals surface area contributed by atoms with E-state index in [0.29, 0.717) is 12.3 Å². The number of carbonyl (C=O) groups is 2. The Kier molecular flexibility index (Phi) is 5.46. The Morgan fingerprint density at radius 3 is 2.44 bits per heavy atom. The Labute approximate surface area is 96.4 Å². The number of Topliss-reactive ketones (excluding diaryl/α,β-unsaturated/α-hetero) is 1. The highest BCUT2D eigenvalue weighted by Crippen LogP contribution is 2.27. The van der Waals surface area contributed by atoms with Gasteiger partial charge in [0.1, 0.15) is 5.78 Å². The normalized spacial score (nSPS) is 19.3. The summed E-state index contributed by atoms with van der Waals surface area (Å²) in [7, 11) is 0. The van der Waals surface area contributed by atoms with Gasteiger partial charge >= 0.3 is 5.97 Å². The zero-order valence-corrected chi connectivity index (χ0v) is 9.87. The monoisotopic (exact) mass is 227 g/mol. The van der Waals surface area contributed by atoms with Crippen LogP contribution < -0.4 is 5.32 Å². The highest BCUT2D eigenvalue weighted by Gasteiger charge is 2.28. The van der Waals surface area contributed by atoms with Crippen LogP contribution in [0.15, 0.2) is 0 Å². The highest BCUT2D eigenvalue weighted by atomic mass is 16.4. The molecule has 16 heavy (non-hydrogen) atoms. The molecule has 0 amide bonds. The van der Waals surface area contributed by atoms with E-state index in [-0.39, 0.29) is 18.4 Å². The molecule has 1 fully saturated rings. The molecule has 2 N–H and O–H groups in total. The van der Waals surface area contributed by atoms with Gasteiger partial charge in [0.25, 0.3) is 0 Å². The minimum Gasteiger partial charge on any atom is -0.480 e. The summed E-state index contributed by atoms with van der Waals surface area (Å²) < 4.78 is 0. The minimum absolute atomic E-state index is 0.118. The number of nitrogens with one attached hydrogen (secondary N) is 1. The van der Waals surface area contributed by atoms with Gasteiger partial charge in [0.2, 0.25) is 0 Å². The molecule has 1 rings (SSSR count). The smallest absolute Gasteiger partial charge is 0.317 e. The van der Waals surface area contributed by atoms with Crippen molar-refractivity contribution in [2.45, 2.75) is 51.5 Å². The van der Waals surface area contributed by atoms with Crippen LogP contribution in [0.3, 0.4) is 0 Å². The van der Waals surface area contributed by atoms with Crippen molar-refractivity contribution in [1.82, 2.24) is 5.32 Å². The number of ketones is 1. The van der Waals surface area contributed by atoms with Gasteiger partial charge in [0, 0.05) is 6.42 Å². The number of carboxylic acid groups (broad SMARTS) is 1. The maximum Gasteiger partial charge on any atom is 0.317 e. The first-order chi connectivity index (χ1) is 7.65. The SMILES string of the molecule is CCC(=O)C(NCC(=O)O)C1CCCCC1. The number of aliphatic carboxylic acids is 1. The van der Waals surface area contributed by atoms with Gasteiger partial charge in [-0.1, -0.05) is 26.2 Å². The Bertz CT molecular complexity index is 247. The quantitative estimate of drug-likeness (QED) is 0.723. The Hall–Kier alpha value is -0.900. The van der Waals surface area contributed by atoms with E-state index >= 15 is 0 Å². The molecular weight excluding hydrogens is 206 g/mol. The minimum atomic E-state index is -0.898. The van der Waals surface area contributed by atoms with Crippen LogP contribution in [0.5, 0.6) is 0 Å². The van der Waals surface area contributed by atoms with Gasteiger partial charge in [0.15, 0.2) is 0 Å². The summed E-state index contributed by atoms with van der Waals surface area (Å²) in [6.45, 7) is 1.72. The average Bonchev–Trinajstić information content (AvgIpc) is 2.30. The first-order valence-electron chi connectivity index (χ1n) is 6.13. The third-order valence-electron chi connectivity index (χ3n) is 3.29.